The molecule has 3 heterocycles. The summed E-state index contributed by atoms with van der Waals surface area (Å²) < 4.78 is 2.02. The van der Waals surface area contributed by atoms with E-state index in [4.69, 9.17) is 5.10 Å². The third kappa shape index (κ3) is 7.18. The zero-order valence-electron chi connectivity index (χ0n) is 24.5. The fourth-order valence-electron chi connectivity index (χ4n) is 6.13. The van der Waals surface area contributed by atoms with Crippen LogP contribution in [0.2, 0.25) is 0 Å². The van der Waals surface area contributed by atoms with Crippen molar-refractivity contribution in [3.8, 4) is 0 Å². The number of H-pyrrole nitrogens is 1. The first kappa shape index (κ1) is 28.9. The maximum absolute atomic E-state index is 13.2. The molecule has 9 nitrogen and oxygen atoms in total. The Labute approximate surface area is 242 Å². The number of aromatic amines is 1. The minimum atomic E-state index is -0.164. The summed E-state index contributed by atoms with van der Waals surface area (Å²) in [6.07, 6.45) is 9.04. The van der Waals surface area contributed by atoms with E-state index in [9.17, 15) is 14.4 Å². The van der Waals surface area contributed by atoms with Crippen molar-refractivity contribution in [2.75, 3.05) is 19.6 Å². The monoisotopic (exact) mass is 560 g/mol. The lowest BCUT2D eigenvalue weighted by atomic mass is 9.91. The first-order valence-electron chi connectivity index (χ1n) is 15.4. The van der Waals surface area contributed by atoms with Gasteiger partial charge in [-0.2, -0.15) is 5.10 Å². The van der Waals surface area contributed by atoms with Gasteiger partial charge in [-0.25, -0.2) is 0 Å². The molecule has 0 spiro atoms. The quantitative estimate of drug-likeness (QED) is 0.403. The van der Waals surface area contributed by atoms with Crippen molar-refractivity contribution in [3.05, 3.63) is 53.0 Å². The third-order valence-electron chi connectivity index (χ3n) is 8.43. The van der Waals surface area contributed by atoms with Crippen molar-refractivity contribution in [1.29, 1.82) is 0 Å². The summed E-state index contributed by atoms with van der Waals surface area (Å²) in [5.74, 6) is 0.501. The average Bonchev–Trinajstić information content (AvgIpc) is 3.53. The fourth-order valence-corrected chi connectivity index (χ4v) is 6.13. The summed E-state index contributed by atoms with van der Waals surface area (Å²) in [5.41, 5.74) is 4.94. The number of aromatic nitrogens is 3. The number of nitrogens with one attached hydrogen (secondary N) is 3. The molecule has 2 aliphatic rings. The van der Waals surface area contributed by atoms with Crippen LogP contribution in [0.5, 0.6) is 0 Å². The van der Waals surface area contributed by atoms with Crippen LogP contribution in [0.4, 0.5) is 0 Å². The van der Waals surface area contributed by atoms with Gasteiger partial charge < -0.3 is 20.5 Å². The number of carbonyl (C=O) groups excluding carboxylic acids is 3. The maximum atomic E-state index is 13.2. The number of hydrogen-bond acceptors (Lipinski definition) is 4. The van der Waals surface area contributed by atoms with Crippen LogP contribution in [0.15, 0.2) is 30.5 Å². The predicted molar refractivity (Wildman–Crippen MR) is 160 cm³/mol. The maximum Gasteiger partial charge on any atom is 0.272 e. The molecule has 0 saturated carbocycles. The van der Waals surface area contributed by atoms with E-state index in [-0.39, 0.29) is 23.8 Å². The molecule has 1 aliphatic carbocycles. The Hall–Kier alpha value is -3.62. The van der Waals surface area contributed by atoms with Crippen LogP contribution in [0.1, 0.15) is 86.1 Å². The highest BCUT2D eigenvalue weighted by Crippen LogP contribution is 2.26. The molecular formula is C32H44N6O3. The second-order valence-corrected chi connectivity index (χ2v) is 12.0. The lowest BCUT2D eigenvalue weighted by Crippen LogP contribution is -2.39. The zero-order chi connectivity index (χ0) is 28.8. The summed E-state index contributed by atoms with van der Waals surface area (Å²) in [7, 11) is 0. The van der Waals surface area contributed by atoms with Gasteiger partial charge in [-0.05, 0) is 68.9 Å². The summed E-state index contributed by atoms with van der Waals surface area (Å²) in [6, 6.07) is 8.22. The number of rotatable bonds is 7. The molecule has 220 valence electrons. The molecule has 1 aromatic carbocycles. The van der Waals surface area contributed by atoms with E-state index in [0.29, 0.717) is 63.4 Å². The number of amides is 3. The standard InChI is InChI=1S/C32H44N6O3/c1-22(2)15-19-38-28-14-13-24-20-26(28)31(36-38)32(41)33-16-7-18-37(17-6-11-29(39)35-24)30(40)12-5-8-23-21-34-27-10-4-3-9-25(23)27/h3-4,9-10,21-22,24,34H,5-8,11-20H2,1-2H3,(H,33,41)(H,35,39). The van der Waals surface area contributed by atoms with E-state index in [1.165, 1.54) is 10.9 Å². The number of fused-ring (bicyclic) bond motifs is 2. The molecule has 41 heavy (non-hydrogen) atoms. The van der Waals surface area contributed by atoms with Gasteiger partial charge in [0.25, 0.3) is 5.91 Å². The Morgan fingerprint density at radius 1 is 1.12 bits per heavy atom. The van der Waals surface area contributed by atoms with E-state index >= 15 is 0 Å². The molecule has 9 heteroatoms. The molecule has 2 aromatic heterocycles. The van der Waals surface area contributed by atoms with Crippen LogP contribution >= 0.6 is 0 Å². The van der Waals surface area contributed by atoms with Gasteiger partial charge in [0.05, 0.1) is 0 Å². The molecule has 2 bridgehead atoms. The lowest BCUT2D eigenvalue weighted by Gasteiger charge is -2.25. The van der Waals surface area contributed by atoms with Gasteiger partial charge >= 0.3 is 0 Å². The van der Waals surface area contributed by atoms with Crippen LogP contribution in [0.3, 0.4) is 0 Å². The molecule has 1 unspecified atom stereocenters. The topological polar surface area (TPSA) is 112 Å². The molecule has 1 aliphatic heterocycles. The van der Waals surface area contributed by atoms with Crippen molar-refractivity contribution < 1.29 is 14.4 Å². The number of hydrogen-bond donors (Lipinski definition) is 3. The molecule has 3 aromatic rings. The Morgan fingerprint density at radius 2 is 1.95 bits per heavy atom. The van der Waals surface area contributed by atoms with Crippen LogP contribution < -0.4 is 10.6 Å². The Bertz CT molecular complexity index is 1370. The minimum absolute atomic E-state index is 0.00308. The van der Waals surface area contributed by atoms with Gasteiger partial charge in [0.2, 0.25) is 11.8 Å². The number of para-hydroxylation sites is 1. The van der Waals surface area contributed by atoms with Gasteiger partial charge in [-0.1, -0.05) is 32.0 Å². The first-order valence-corrected chi connectivity index (χ1v) is 15.4. The Balaban J connectivity index is 1.22. The molecule has 1 atom stereocenters. The van der Waals surface area contributed by atoms with Crippen LogP contribution in [-0.2, 0) is 35.4 Å². The van der Waals surface area contributed by atoms with Crippen molar-refractivity contribution in [2.24, 2.45) is 5.92 Å². The molecule has 3 N–H and O–H groups in total. The molecule has 5 rings (SSSR count). The Kier molecular flexibility index (Phi) is 9.42. The highest BCUT2D eigenvalue weighted by molar-refractivity contribution is 5.94. The van der Waals surface area contributed by atoms with E-state index in [0.717, 1.165) is 55.4 Å². The highest BCUT2D eigenvalue weighted by atomic mass is 16.2. The predicted octanol–water partition coefficient (Wildman–Crippen LogP) is 4.15. The van der Waals surface area contributed by atoms with E-state index in [1.54, 1.807) is 0 Å². The summed E-state index contributed by atoms with van der Waals surface area (Å²) in [4.78, 5) is 44.5. The summed E-state index contributed by atoms with van der Waals surface area (Å²) in [6.45, 7) is 6.75. The molecule has 0 fully saturated rings. The van der Waals surface area contributed by atoms with E-state index < -0.39 is 0 Å². The van der Waals surface area contributed by atoms with Gasteiger partial charge in [0.15, 0.2) is 5.69 Å². The second kappa shape index (κ2) is 13.4. The number of aryl methyl sites for hydroxylation is 2. The van der Waals surface area contributed by atoms with Crippen molar-refractivity contribution in [3.63, 3.8) is 0 Å². The van der Waals surface area contributed by atoms with Crippen molar-refractivity contribution in [2.45, 2.75) is 90.6 Å². The SMILES string of the molecule is CC(C)CCn1nc2c3c1CCC(C3)NC(=O)CCCN(C(=O)CCCc1c[nH]c3ccccc13)CCCNC2=O. The molecule has 0 saturated heterocycles. The highest BCUT2D eigenvalue weighted by Gasteiger charge is 2.30. The van der Waals surface area contributed by atoms with E-state index in [1.807, 2.05) is 27.9 Å². The van der Waals surface area contributed by atoms with Gasteiger partial charge in [-0.3, -0.25) is 19.1 Å². The smallest absolute Gasteiger partial charge is 0.272 e. The van der Waals surface area contributed by atoms with Gasteiger partial charge in [0, 0.05) is 73.4 Å². The first-order chi connectivity index (χ1) is 19.9. The minimum Gasteiger partial charge on any atom is -0.361 e. The molecule has 3 amide bonds. The normalized spacial score (nSPS) is 18.6. The summed E-state index contributed by atoms with van der Waals surface area (Å²) in [5, 5.41) is 12.2. The average molecular weight is 561 g/mol. The number of carbonyl (C=O) groups is 3. The van der Waals surface area contributed by atoms with Crippen LogP contribution in [0, 0.1) is 5.92 Å². The summed E-state index contributed by atoms with van der Waals surface area (Å²) >= 11 is 0. The second-order valence-electron chi connectivity index (χ2n) is 12.0. The van der Waals surface area contributed by atoms with Crippen molar-refractivity contribution in [1.82, 2.24) is 30.3 Å². The molecule has 0 radical (unpaired) electrons. The van der Waals surface area contributed by atoms with Crippen LogP contribution in [0.25, 0.3) is 10.9 Å². The molecular weight excluding hydrogens is 516 g/mol. The van der Waals surface area contributed by atoms with Crippen LogP contribution in [-0.4, -0.2) is 63.1 Å². The number of benzene rings is 1. The van der Waals surface area contributed by atoms with Gasteiger partial charge in [0.1, 0.15) is 0 Å². The van der Waals surface area contributed by atoms with E-state index in [2.05, 4.69) is 41.6 Å². The van der Waals surface area contributed by atoms with Crippen molar-refractivity contribution >= 4 is 28.6 Å². The fraction of sp³-hybridized carbons (Fsp3) is 0.562. The number of nitrogens with zero attached hydrogens (tertiary/aromatic N) is 3. The largest absolute Gasteiger partial charge is 0.361 e. The zero-order valence-corrected chi connectivity index (χ0v) is 24.5. The lowest BCUT2D eigenvalue weighted by molar-refractivity contribution is -0.132. The van der Waals surface area contributed by atoms with Gasteiger partial charge in [-0.15, -0.1) is 0 Å². The third-order valence-corrected chi connectivity index (χ3v) is 8.43. The Morgan fingerprint density at radius 3 is 2.80 bits per heavy atom.